The van der Waals surface area contributed by atoms with Crippen LogP contribution in [0.4, 0.5) is 4.79 Å². The van der Waals surface area contributed by atoms with Gasteiger partial charge in [0.15, 0.2) is 0 Å². The first kappa shape index (κ1) is 16.8. The predicted molar refractivity (Wildman–Crippen MR) is 82.9 cm³/mol. The lowest BCUT2D eigenvalue weighted by Crippen LogP contribution is -2.42. The van der Waals surface area contributed by atoms with E-state index in [1.165, 1.54) is 6.07 Å². The van der Waals surface area contributed by atoms with Crippen molar-refractivity contribution in [1.29, 1.82) is 0 Å². The van der Waals surface area contributed by atoms with Gasteiger partial charge in [0.2, 0.25) is 10.0 Å². The van der Waals surface area contributed by atoms with E-state index in [9.17, 15) is 13.2 Å². The third kappa shape index (κ3) is 3.41. The summed E-state index contributed by atoms with van der Waals surface area (Å²) in [7, 11) is -3.77. The molecule has 1 amide bonds. The molecule has 0 aromatic heterocycles. The van der Waals surface area contributed by atoms with Crippen LogP contribution in [0, 0.1) is 0 Å². The smallest absolute Gasteiger partial charge is 0.410 e. The van der Waals surface area contributed by atoms with Crippen LogP contribution in [0.3, 0.4) is 0 Å². The fourth-order valence-corrected chi connectivity index (χ4v) is 3.50. The summed E-state index contributed by atoms with van der Waals surface area (Å²) >= 11 is 0. The zero-order chi connectivity index (χ0) is 16.7. The van der Waals surface area contributed by atoms with Gasteiger partial charge in [0.1, 0.15) is 5.60 Å². The molecule has 1 aliphatic heterocycles. The first-order valence-corrected chi connectivity index (χ1v) is 8.69. The molecule has 2 rings (SSSR count). The first-order valence-electron chi connectivity index (χ1n) is 7.15. The van der Waals surface area contributed by atoms with Crippen LogP contribution in [0.25, 0.3) is 0 Å². The summed E-state index contributed by atoms with van der Waals surface area (Å²) in [5.41, 5.74) is 0.917. The van der Waals surface area contributed by atoms with Gasteiger partial charge in [0, 0.05) is 6.54 Å². The zero-order valence-corrected chi connectivity index (χ0v) is 14.1. The van der Waals surface area contributed by atoms with Crippen LogP contribution in [0.2, 0.25) is 0 Å². The topological polar surface area (TPSA) is 89.7 Å². The third-order valence-electron chi connectivity index (χ3n) is 3.62. The fraction of sp³-hybridized carbons (Fsp3) is 0.533. The van der Waals surface area contributed by atoms with Gasteiger partial charge in [-0.05, 0) is 51.3 Å². The van der Waals surface area contributed by atoms with Crippen molar-refractivity contribution in [2.24, 2.45) is 5.14 Å². The Labute approximate surface area is 131 Å². The quantitative estimate of drug-likeness (QED) is 0.856. The normalized spacial score (nSPS) is 18.8. The van der Waals surface area contributed by atoms with E-state index in [0.717, 1.165) is 5.56 Å². The standard InChI is InChI=1S/C15H22N2O4S/c1-10-11-6-5-7-13(22(16,19)20)12(11)8-9-17(10)14(18)21-15(2,3)4/h5-7,10H,8-9H2,1-4H3,(H2,16,19,20). The second kappa shape index (κ2) is 5.55. The van der Waals surface area contributed by atoms with Crippen LogP contribution >= 0.6 is 0 Å². The predicted octanol–water partition coefficient (Wildman–Crippen LogP) is 2.19. The monoisotopic (exact) mass is 326 g/mol. The molecular formula is C15H22N2O4S. The van der Waals surface area contributed by atoms with Crippen molar-refractivity contribution in [2.45, 2.75) is 50.7 Å². The number of primary sulfonamides is 1. The minimum absolute atomic E-state index is 0.140. The van der Waals surface area contributed by atoms with Crippen LogP contribution in [0.1, 0.15) is 44.9 Å². The molecule has 1 aliphatic rings. The maximum atomic E-state index is 12.3. The third-order valence-corrected chi connectivity index (χ3v) is 4.62. The van der Waals surface area contributed by atoms with Gasteiger partial charge in [0.25, 0.3) is 0 Å². The van der Waals surface area contributed by atoms with Crippen LogP contribution < -0.4 is 5.14 Å². The molecule has 7 heteroatoms. The van der Waals surface area contributed by atoms with E-state index in [4.69, 9.17) is 9.88 Å². The number of nitrogens with two attached hydrogens (primary N) is 1. The minimum Gasteiger partial charge on any atom is -0.444 e. The Hall–Kier alpha value is -1.60. The van der Waals surface area contributed by atoms with E-state index in [1.54, 1.807) is 11.0 Å². The number of nitrogens with zero attached hydrogens (tertiary/aromatic N) is 1. The van der Waals surface area contributed by atoms with E-state index in [1.807, 2.05) is 33.8 Å². The molecule has 1 atom stereocenters. The van der Waals surface area contributed by atoms with Gasteiger partial charge in [-0.2, -0.15) is 0 Å². The molecule has 0 bridgehead atoms. The molecule has 1 unspecified atom stereocenters. The van der Waals surface area contributed by atoms with Crippen molar-refractivity contribution in [3.63, 3.8) is 0 Å². The number of ether oxygens (including phenoxy) is 1. The summed E-state index contributed by atoms with van der Waals surface area (Å²) in [5, 5.41) is 5.27. The van der Waals surface area contributed by atoms with E-state index < -0.39 is 21.7 Å². The summed E-state index contributed by atoms with van der Waals surface area (Å²) in [6, 6.07) is 4.71. The summed E-state index contributed by atoms with van der Waals surface area (Å²) in [4.78, 5) is 14.0. The van der Waals surface area contributed by atoms with Crippen molar-refractivity contribution in [1.82, 2.24) is 4.90 Å². The molecule has 22 heavy (non-hydrogen) atoms. The molecule has 1 heterocycles. The van der Waals surface area contributed by atoms with E-state index in [0.29, 0.717) is 18.5 Å². The number of carbonyl (C=O) groups is 1. The molecule has 0 saturated carbocycles. The van der Waals surface area contributed by atoms with Gasteiger partial charge in [-0.3, -0.25) is 0 Å². The summed E-state index contributed by atoms with van der Waals surface area (Å²) in [6.45, 7) is 7.69. The summed E-state index contributed by atoms with van der Waals surface area (Å²) in [5.74, 6) is 0. The highest BCUT2D eigenvalue weighted by atomic mass is 32.2. The lowest BCUT2D eigenvalue weighted by Gasteiger charge is -2.36. The number of amides is 1. The Morgan fingerprint density at radius 3 is 2.55 bits per heavy atom. The van der Waals surface area contributed by atoms with Gasteiger partial charge in [-0.25, -0.2) is 18.4 Å². The van der Waals surface area contributed by atoms with E-state index in [-0.39, 0.29) is 10.9 Å². The van der Waals surface area contributed by atoms with Crippen molar-refractivity contribution >= 4 is 16.1 Å². The molecule has 0 aliphatic carbocycles. The van der Waals surface area contributed by atoms with Gasteiger partial charge < -0.3 is 9.64 Å². The van der Waals surface area contributed by atoms with Crippen molar-refractivity contribution in [3.8, 4) is 0 Å². The number of fused-ring (bicyclic) bond motifs is 1. The molecule has 0 fully saturated rings. The fourth-order valence-electron chi connectivity index (χ4n) is 2.67. The lowest BCUT2D eigenvalue weighted by atomic mass is 9.94. The lowest BCUT2D eigenvalue weighted by molar-refractivity contribution is 0.0159. The molecule has 0 spiro atoms. The van der Waals surface area contributed by atoms with Crippen molar-refractivity contribution in [2.75, 3.05) is 6.54 Å². The molecule has 1 aromatic carbocycles. The molecule has 0 saturated heterocycles. The van der Waals surface area contributed by atoms with Crippen molar-refractivity contribution < 1.29 is 17.9 Å². The zero-order valence-electron chi connectivity index (χ0n) is 13.3. The van der Waals surface area contributed by atoms with E-state index in [2.05, 4.69) is 0 Å². The van der Waals surface area contributed by atoms with Crippen LogP contribution in [-0.2, 0) is 21.2 Å². The second-order valence-electron chi connectivity index (χ2n) is 6.47. The molecule has 0 radical (unpaired) electrons. The molecular weight excluding hydrogens is 304 g/mol. The average Bonchev–Trinajstić information content (AvgIpc) is 2.35. The number of hydrogen-bond donors (Lipinski definition) is 1. The largest absolute Gasteiger partial charge is 0.444 e. The molecule has 122 valence electrons. The number of hydrogen-bond acceptors (Lipinski definition) is 4. The minimum atomic E-state index is -3.77. The maximum absolute atomic E-state index is 12.3. The van der Waals surface area contributed by atoms with E-state index >= 15 is 0 Å². The van der Waals surface area contributed by atoms with Gasteiger partial charge in [-0.15, -0.1) is 0 Å². The Balaban J connectivity index is 2.36. The summed E-state index contributed by atoms with van der Waals surface area (Å²) < 4.78 is 28.8. The highest BCUT2D eigenvalue weighted by Gasteiger charge is 2.33. The SMILES string of the molecule is CC1c2cccc(S(N)(=O)=O)c2CCN1C(=O)OC(C)(C)C. The molecule has 6 nitrogen and oxygen atoms in total. The Kier molecular flexibility index (Phi) is 4.23. The summed E-state index contributed by atoms with van der Waals surface area (Å²) in [6.07, 6.45) is 0.0394. The maximum Gasteiger partial charge on any atom is 0.410 e. The van der Waals surface area contributed by atoms with Crippen LogP contribution in [0.15, 0.2) is 23.1 Å². The number of benzene rings is 1. The highest BCUT2D eigenvalue weighted by molar-refractivity contribution is 7.89. The number of sulfonamides is 1. The van der Waals surface area contributed by atoms with Crippen LogP contribution in [-0.4, -0.2) is 31.6 Å². The number of carbonyl (C=O) groups excluding carboxylic acids is 1. The Morgan fingerprint density at radius 1 is 1.36 bits per heavy atom. The van der Waals surface area contributed by atoms with Crippen molar-refractivity contribution in [3.05, 3.63) is 29.3 Å². The Morgan fingerprint density at radius 2 is 2.00 bits per heavy atom. The Bertz CT molecular complexity index is 692. The average molecular weight is 326 g/mol. The molecule has 1 aromatic rings. The van der Waals surface area contributed by atoms with Gasteiger partial charge in [0.05, 0.1) is 10.9 Å². The highest BCUT2D eigenvalue weighted by Crippen LogP contribution is 2.33. The van der Waals surface area contributed by atoms with Gasteiger partial charge >= 0.3 is 6.09 Å². The molecule has 2 N–H and O–H groups in total. The van der Waals surface area contributed by atoms with Crippen LogP contribution in [0.5, 0.6) is 0 Å². The number of rotatable bonds is 1. The second-order valence-corrected chi connectivity index (χ2v) is 8.00. The van der Waals surface area contributed by atoms with Gasteiger partial charge in [-0.1, -0.05) is 12.1 Å². The first-order chi connectivity index (χ1) is 10.0.